The van der Waals surface area contributed by atoms with Crippen LogP contribution in [0.1, 0.15) is 45.2 Å². The minimum Gasteiger partial charge on any atom is -0.492 e. The van der Waals surface area contributed by atoms with Crippen LogP contribution in [-0.2, 0) is 32.0 Å². The van der Waals surface area contributed by atoms with E-state index in [0.29, 0.717) is 58.3 Å². The molecule has 2 rings (SSSR count). The first-order valence-electron chi connectivity index (χ1n) is 12.8. The summed E-state index contributed by atoms with van der Waals surface area (Å²) in [6, 6.07) is 17.2. The summed E-state index contributed by atoms with van der Waals surface area (Å²) >= 11 is 0. The third kappa shape index (κ3) is 12.6. The van der Waals surface area contributed by atoms with Gasteiger partial charge in [0.2, 0.25) is 0 Å². The summed E-state index contributed by atoms with van der Waals surface area (Å²) < 4.78 is 22.4. The number of rotatable bonds is 16. The third-order valence-corrected chi connectivity index (χ3v) is 5.33. The van der Waals surface area contributed by atoms with Gasteiger partial charge in [0.05, 0.1) is 19.8 Å². The van der Waals surface area contributed by atoms with Gasteiger partial charge in [-0.2, -0.15) is 0 Å². The van der Waals surface area contributed by atoms with Crippen molar-refractivity contribution in [3.05, 3.63) is 65.7 Å². The predicted molar refractivity (Wildman–Crippen MR) is 142 cm³/mol. The second-order valence-electron chi connectivity index (χ2n) is 9.97. The molecular formula is C29H41NO7. The van der Waals surface area contributed by atoms with Gasteiger partial charge < -0.3 is 29.0 Å². The molecular weight excluding hydrogens is 474 g/mol. The van der Waals surface area contributed by atoms with Gasteiger partial charge >= 0.3 is 12.1 Å². The first-order chi connectivity index (χ1) is 17.7. The molecule has 2 aromatic carbocycles. The van der Waals surface area contributed by atoms with Crippen LogP contribution in [-0.4, -0.2) is 67.7 Å². The number of benzene rings is 2. The Hall–Kier alpha value is -3.10. The number of ether oxygens (including phenoxy) is 4. The molecule has 0 saturated carbocycles. The summed E-state index contributed by atoms with van der Waals surface area (Å²) in [7, 11) is 0. The Labute approximate surface area is 220 Å². The highest BCUT2D eigenvalue weighted by molar-refractivity contribution is 5.72. The van der Waals surface area contributed by atoms with Gasteiger partial charge in [-0.05, 0) is 42.0 Å². The van der Waals surface area contributed by atoms with E-state index in [-0.39, 0.29) is 17.9 Å². The summed E-state index contributed by atoms with van der Waals surface area (Å²) in [5.74, 6) is -0.340. The molecule has 0 spiro atoms. The predicted octanol–water partition coefficient (Wildman–Crippen LogP) is 5.19. The molecule has 0 aromatic heterocycles. The van der Waals surface area contributed by atoms with Crippen LogP contribution in [0.15, 0.2) is 54.6 Å². The van der Waals surface area contributed by atoms with Crippen LogP contribution in [0.5, 0.6) is 5.75 Å². The lowest BCUT2D eigenvalue weighted by atomic mass is 9.99. The van der Waals surface area contributed by atoms with Gasteiger partial charge in [0.15, 0.2) is 6.10 Å². The molecule has 0 aliphatic carbocycles. The van der Waals surface area contributed by atoms with Crippen molar-refractivity contribution in [2.45, 2.75) is 53.2 Å². The summed E-state index contributed by atoms with van der Waals surface area (Å²) in [4.78, 5) is 25.7. The third-order valence-electron chi connectivity index (χ3n) is 5.33. The average Bonchev–Trinajstić information content (AvgIpc) is 2.86. The molecule has 0 radical (unpaired) electrons. The summed E-state index contributed by atoms with van der Waals surface area (Å²) in [5.41, 5.74) is 1.83. The topological polar surface area (TPSA) is 94.5 Å². The smallest absolute Gasteiger partial charge is 0.409 e. The minimum atomic E-state index is -0.980. The van der Waals surface area contributed by atoms with Crippen molar-refractivity contribution in [1.82, 2.24) is 4.90 Å². The van der Waals surface area contributed by atoms with Crippen molar-refractivity contribution in [3.8, 4) is 5.75 Å². The maximum Gasteiger partial charge on any atom is 0.409 e. The van der Waals surface area contributed by atoms with E-state index in [2.05, 4.69) is 0 Å². The normalized spacial score (nSPS) is 12.1. The van der Waals surface area contributed by atoms with Crippen LogP contribution in [0, 0.1) is 5.41 Å². The first kappa shape index (κ1) is 30.1. The highest BCUT2D eigenvalue weighted by Gasteiger charge is 2.20. The van der Waals surface area contributed by atoms with Crippen LogP contribution in [0.2, 0.25) is 0 Å². The molecule has 0 fully saturated rings. The molecule has 0 bridgehead atoms. The first-order valence-corrected chi connectivity index (χ1v) is 12.8. The Morgan fingerprint density at radius 1 is 0.946 bits per heavy atom. The number of amides is 1. The summed E-state index contributed by atoms with van der Waals surface area (Å²) in [6.07, 6.45) is -0.284. The van der Waals surface area contributed by atoms with E-state index in [1.54, 1.807) is 24.0 Å². The quantitative estimate of drug-likeness (QED) is 0.308. The van der Waals surface area contributed by atoms with Crippen molar-refractivity contribution in [1.29, 1.82) is 0 Å². The van der Waals surface area contributed by atoms with Gasteiger partial charge in [-0.3, -0.25) is 0 Å². The van der Waals surface area contributed by atoms with Gasteiger partial charge in [0, 0.05) is 26.2 Å². The number of carboxylic acid groups (broad SMARTS) is 1. The number of carbonyl (C=O) groups excluding carboxylic acids is 1. The van der Waals surface area contributed by atoms with E-state index in [4.69, 9.17) is 18.9 Å². The number of hydrogen-bond donors (Lipinski definition) is 1. The van der Waals surface area contributed by atoms with Gasteiger partial charge in [-0.1, -0.05) is 63.2 Å². The highest BCUT2D eigenvalue weighted by Crippen LogP contribution is 2.16. The van der Waals surface area contributed by atoms with Crippen LogP contribution in [0.25, 0.3) is 0 Å². The average molecular weight is 516 g/mol. The molecule has 1 N–H and O–H groups in total. The van der Waals surface area contributed by atoms with Crippen LogP contribution < -0.4 is 4.74 Å². The lowest BCUT2D eigenvalue weighted by molar-refractivity contribution is -0.149. The van der Waals surface area contributed by atoms with Crippen molar-refractivity contribution in [3.63, 3.8) is 0 Å². The maximum absolute atomic E-state index is 12.7. The number of nitrogens with zero attached hydrogens (tertiary/aromatic N) is 1. The molecule has 0 aliphatic heterocycles. The van der Waals surface area contributed by atoms with E-state index in [9.17, 15) is 14.7 Å². The molecule has 1 atom stereocenters. The fraction of sp³-hybridized carbons (Fsp3) is 0.517. The fourth-order valence-corrected chi connectivity index (χ4v) is 3.41. The summed E-state index contributed by atoms with van der Waals surface area (Å²) in [6.45, 7) is 10.7. The van der Waals surface area contributed by atoms with Crippen molar-refractivity contribution in [2.75, 3.05) is 39.5 Å². The van der Waals surface area contributed by atoms with E-state index >= 15 is 0 Å². The molecule has 0 heterocycles. The van der Waals surface area contributed by atoms with Gasteiger partial charge in [-0.15, -0.1) is 0 Å². The Kier molecular flexibility index (Phi) is 12.9. The zero-order valence-electron chi connectivity index (χ0n) is 22.5. The fourth-order valence-electron chi connectivity index (χ4n) is 3.41. The van der Waals surface area contributed by atoms with Gasteiger partial charge in [0.1, 0.15) is 12.4 Å². The SMILES string of the molecule is CCOC(Cc1ccc(OCCN(CCCOCc2ccccc2)C(=O)OCC(C)(C)C)cc1)C(=O)O. The molecule has 8 heteroatoms. The standard InChI is InChI=1S/C29H41NO7/c1-5-35-26(27(31)32)20-23-12-14-25(15-13-23)36-19-17-30(28(33)37-22-29(2,3)4)16-9-18-34-21-24-10-7-6-8-11-24/h6-8,10-15,26H,5,9,16-22H2,1-4H3,(H,31,32). The number of hydrogen-bond acceptors (Lipinski definition) is 6. The molecule has 0 saturated heterocycles. The van der Waals surface area contributed by atoms with Crippen molar-refractivity contribution >= 4 is 12.1 Å². The van der Waals surface area contributed by atoms with E-state index in [0.717, 1.165) is 11.1 Å². The highest BCUT2D eigenvalue weighted by atomic mass is 16.6. The molecule has 1 unspecified atom stereocenters. The minimum absolute atomic E-state index is 0.125. The van der Waals surface area contributed by atoms with Crippen molar-refractivity contribution < 1.29 is 33.6 Å². The lowest BCUT2D eigenvalue weighted by Gasteiger charge is -2.25. The van der Waals surface area contributed by atoms with Crippen LogP contribution in [0.4, 0.5) is 4.79 Å². The Bertz CT molecular complexity index is 926. The van der Waals surface area contributed by atoms with Crippen LogP contribution >= 0.6 is 0 Å². The second kappa shape index (κ2) is 15.9. The molecule has 37 heavy (non-hydrogen) atoms. The Morgan fingerprint density at radius 2 is 1.65 bits per heavy atom. The van der Waals surface area contributed by atoms with E-state index in [1.165, 1.54) is 0 Å². The van der Waals surface area contributed by atoms with Gasteiger partial charge in [0.25, 0.3) is 0 Å². The number of carboxylic acids is 1. The van der Waals surface area contributed by atoms with Crippen LogP contribution in [0.3, 0.4) is 0 Å². The monoisotopic (exact) mass is 515 g/mol. The van der Waals surface area contributed by atoms with Crippen molar-refractivity contribution in [2.24, 2.45) is 5.41 Å². The zero-order chi connectivity index (χ0) is 27.1. The lowest BCUT2D eigenvalue weighted by Crippen LogP contribution is -2.37. The maximum atomic E-state index is 12.7. The summed E-state index contributed by atoms with van der Waals surface area (Å²) in [5, 5.41) is 9.26. The van der Waals surface area contributed by atoms with E-state index in [1.807, 2.05) is 63.2 Å². The second-order valence-corrected chi connectivity index (χ2v) is 9.97. The molecule has 0 aliphatic rings. The molecule has 1 amide bonds. The number of carbonyl (C=O) groups is 2. The Morgan fingerprint density at radius 3 is 2.27 bits per heavy atom. The molecule has 204 valence electrons. The van der Waals surface area contributed by atoms with E-state index < -0.39 is 12.1 Å². The zero-order valence-corrected chi connectivity index (χ0v) is 22.5. The Balaban J connectivity index is 1.83. The number of aliphatic carboxylic acids is 1. The molecule has 8 nitrogen and oxygen atoms in total. The molecule has 2 aromatic rings. The van der Waals surface area contributed by atoms with Gasteiger partial charge in [-0.25, -0.2) is 9.59 Å². The largest absolute Gasteiger partial charge is 0.492 e.